The van der Waals surface area contributed by atoms with Crippen molar-refractivity contribution in [2.75, 3.05) is 24.2 Å². The maximum Gasteiger partial charge on any atom is 0.246 e. The molecule has 0 bridgehead atoms. The molecule has 0 fully saturated rings. The summed E-state index contributed by atoms with van der Waals surface area (Å²) in [6.07, 6.45) is 1.57. The van der Waals surface area contributed by atoms with Crippen LogP contribution in [-0.4, -0.2) is 44.4 Å². The van der Waals surface area contributed by atoms with Gasteiger partial charge in [0.25, 0.3) is 0 Å². The van der Waals surface area contributed by atoms with Crippen molar-refractivity contribution < 1.29 is 22.5 Å². The summed E-state index contributed by atoms with van der Waals surface area (Å²) in [6, 6.07) is 13.8. The topological polar surface area (TPSA) is 115 Å². The fourth-order valence-corrected chi connectivity index (χ4v) is 4.15. The van der Waals surface area contributed by atoms with Crippen LogP contribution in [0.2, 0.25) is 5.02 Å². The Hall–Kier alpha value is -3.11. The summed E-state index contributed by atoms with van der Waals surface area (Å²) in [5.74, 6) is 0.857. The van der Waals surface area contributed by atoms with Crippen molar-refractivity contribution in [3.05, 3.63) is 59.4 Å². The lowest BCUT2D eigenvalue weighted by Crippen LogP contribution is -2.32. The molecular formula is C21H23ClN4O5S. The Balaban J connectivity index is 1.52. The van der Waals surface area contributed by atoms with Gasteiger partial charge in [0.05, 0.1) is 30.6 Å². The van der Waals surface area contributed by atoms with Crippen LogP contribution in [-0.2, 0) is 21.4 Å². The second-order valence-corrected chi connectivity index (χ2v) is 9.22. The van der Waals surface area contributed by atoms with E-state index in [0.717, 1.165) is 6.26 Å². The summed E-state index contributed by atoms with van der Waals surface area (Å²) in [5, 5.41) is 7.07. The first kappa shape index (κ1) is 23.6. The fourth-order valence-electron chi connectivity index (χ4n) is 2.98. The van der Waals surface area contributed by atoms with Gasteiger partial charge in [-0.2, -0.15) is 4.98 Å². The molecule has 11 heteroatoms. The minimum Gasteiger partial charge on any atom is -0.497 e. The highest BCUT2D eigenvalue weighted by Gasteiger charge is 2.18. The number of hydrogen-bond donors (Lipinski definition) is 1. The summed E-state index contributed by atoms with van der Waals surface area (Å²) >= 11 is 6.13. The predicted molar refractivity (Wildman–Crippen MR) is 121 cm³/mol. The molecule has 170 valence electrons. The van der Waals surface area contributed by atoms with E-state index in [0.29, 0.717) is 34.3 Å². The second kappa shape index (κ2) is 10.5. The van der Waals surface area contributed by atoms with Crippen LogP contribution >= 0.6 is 11.6 Å². The van der Waals surface area contributed by atoms with Gasteiger partial charge in [-0.1, -0.05) is 35.0 Å². The number of anilines is 1. The van der Waals surface area contributed by atoms with E-state index in [1.165, 1.54) is 11.4 Å². The van der Waals surface area contributed by atoms with Gasteiger partial charge in [0, 0.05) is 24.6 Å². The van der Waals surface area contributed by atoms with Gasteiger partial charge in [0.1, 0.15) is 5.75 Å². The molecule has 0 aliphatic rings. The number of amides is 1. The zero-order valence-electron chi connectivity index (χ0n) is 17.6. The number of sulfonamides is 1. The summed E-state index contributed by atoms with van der Waals surface area (Å²) in [4.78, 5) is 16.4. The van der Waals surface area contributed by atoms with Crippen molar-refractivity contribution >= 4 is 33.2 Å². The molecule has 1 amide bonds. The predicted octanol–water partition coefficient (Wildman–Crippen LogP) is 3.26. The Morgan fingerprint density at radius 1 is 1.22 bits per heavy atom. The maximum atomic E-state index is 12.2. The van der Waals surface area contributed by atoms with Crippen molar-refractivity contribution in [2.45, 2.75) is 19.4 Å². The van der Waals surface area contributed by atoms with Gasteiger partial charge in [0.15, 0.2) is 0 Å². The number of carbonyl (C=O) groups excluding carboxylic acids is 1. The standard InChI is InChI=1S/C21H23ClN4O5S/c1-30-16-8-5-7-15(13-16)26(32(2,28)29)12-6-11-19(27)23-14-20-24-21(25-31-20)17-9-3-4-10-18(17)22/h3-5,7-10,13H,6,11-12,14H2,1-2H3,(H,23,27). The molecule has 3 aromatic rings. The van der Waals surface area contributed by atoms with E-state index < -0.39 is 10.0 Å². The lowest BCUT2D eigenvalue weighted by molar-refractivity contribution is -0.121. The van der Waals surface area contributed by atoms with Crippen LogP contribution in [0.3, 0.4) is 0 Å². The Kier molecular flexibility index (Phi) is 7.70. The van der Waals surface area contributed by atoms with Crippen LogP contribution in [0.1, 0.15) is 18.7 Å². The van der Waals surface area contributed by atoms with Crippen LogP contribution in [0, 0.1) is 0 Å². The normalized spacial score (nSPS) is 11.2. The zero-order valence-corrected chi connectivity index (χ0v) is 19.2. The highest BCUT2D eigenvalue weighted by Crippen LogP contribution is 2.25. The monoisotopic (exact) mass is 478 g/mol. The number of rotatable bonds is 10. The third kappa shape index (κ3) is 6.21. The van der Waals surface area contributed by atoms with E-state index in [-0.39, 0.29) is 31.3 Å². The van der Waals surface area contributed by atoms with E-state index in [1.807, 2.05) is 6.07 Å². The molecule has 1 heterocycles. The van der Waals surface area contributed by atoms with Gasteiger partial charge >= 0.3 is 0 Å². The lowest BCUT2D eigenvalue weighted by Gasteiger charge is -2.22. The van der Waals surface area contributed by atoms with Gasteiger partial charge in [0.2, 0.25) is 27.6 Å². The zero-order chi connectivity index (χ0) is 23.1. The van der Waals surface area contributed by atoms with E-state index in [9.17, 15) is 13.2 Å². The van der Waals surface area contributed by atoms with Crippen molar-refractivity contribution in [3.63, 3.8) is 0 Å². The number of methoxy groups -OCH3 is 1. The van der Waals surface area contributed by atoms with E-state index in [2.05, 4.69) is 15.5 Å². The molecule has 0 spiro atoms. The molecule has 9 nitrogen and oxygen atoms in total. The number of hydrogen-bond acceptors (Lipinski definition) is 7. The van der Waals surface area contributed by atoms with Crippen LogP contribution in [0.15, 0.2) is 53.1 Å². The molecule has 2 aromatic carbocycles. The Bertz CT molecular complexity index is 1180. The average Bonchev–Trinajstić information content (AvgIpc) is 3.23. The molecule has 0 unspecified atom stereocenters. The second-order valence-electron chi connectivity index (χ2n) is 6.91. The van der Waals surface area contributed by atoms with Crippen LogP contribution in [0.25, 0.3) is 11.4 Å². The van der Waals surface area contributed by atoms with Gasteiger partial charge in [-0.3, -0.25) is 9.10 Å². The first-order valence-electron chi connectivity index (χ1n) is 9.74. The SMILES string of the molecule is COc1cccc(N(CCCC(=O)NCc2nc(-c3ccccc3Cl)no2)S(C)(=O)=O)c1. The van der Waals surface area contributed by atoms with Gasteiger partial charge < -0.3 is 14.6 Å². The van der Waals surface area contributed by atoms with Gasteiger partial charge in [-0.05, 0) is 30.7 Å². The number of carbonyl (C=O) groups is 1. The molecule has 1 aromatic heterocycles. The lowest BCUT2D eigenvalue weighted by atomic mass is 10.2. The number of aromatic nitrogens is 2. The van der Waals surface area contributed by atoms with Crippen molar-refractivity contribution in [1.29, 1.82) is 0 Å². The molecule has 0 radical (unpaired) electrons. The van der Waals surface area contributed by atoms with Gasteiger partial charge in [-0.15, -0.1) is 0 Å². The van der Waals surface area contributed by atoms with Crippen molar-refractivity contribution in [1.82, 2.24) is 15.5 Å². The molecule has 0 aliphatic carbocycles. The quantitative estimate of drug-likeness (QED) is 0.475. The molecule has 1 N–H and O–H groups in total. The minimum atomic E-state index is -3.52. The van der Waals surface area contributed by atoms with Crippen LogP contribution in [0.5, 0.6) is 5.75 Å². The highest BCUT2D eigenvalue weighted by atomic mass is 35.5. The van der Waals surface area contributed by atoms with E-state index in [4.69, 9.17) is 20.9 Å². The van der Waals surface area contributed by atoms with Crippen LogP contribution < -0.4 is 14.4 Å². The first-order chi connectivity index (χ1) is 15.3. The molecular weight excluding hydrogens is 456 g/mol. The summed E-state index contributed by atoms with van der Waals surface area (Å²) in [7, 11) is -2.01. The fraction of sp³-hybridized carbons (Fsp3) is 0.286. The molecule has 32 heavy (non-hydrogen) atoms. The Labute approximate surface area is 191 Å². The number of ether oxygens (including phenoxy) is 1. The molecule has 0 aliphatic heterocycles. The smallest absolute Gasteiger partial charge is 0.246 e. The molecule has 0 atom stereocenters. The Morgan fingerprint density at radius 2 is 2.00 bits per heavy atom. The number of nitrogens with one attached hydrogen (secondary N) is 1. The van der Waals surface area contributed by atoms with Gasteiger partial charge in [-0.25, -0.2) is 8.42 Å². The number of benzene rings is 2. The molecule has 0 saturated heterocycles. The highest BCUT2D eigenvalue weighted by molar-refractivity contribution is 7.92. The van der Waals surface area contributed by atoms with Crippen molar-refractivity contribution in [2.24, 2.45) is 0 Å². The third-order valence-corrected chi connectivity index (χ3v) is 6.05. The largest absolute Gasteiger partial charge is 0.497 e. The molecule has 0 saturated carbocycles. The maximum absolute atomic E-state index is 12.2. The number of nitrogens with zero attached hydrogens (tertiary/aromatic N) is 3. The summed E-state index contributed by atoms with van der Waals surface area (Å²) in [5.41, 5.74) is 1.11. The summed E-state index contributed by atoms with van der Waals surface area (Å²) < 4.78 is 36.0. The third-order valence-electron chi connectivity index (χ3n) is 4.53. The average molecular weight is 479 g/mol. The Morgan fingerprint density at radius 3 is 2.72 bits per heavy atom. The minimum absolute atomic E-state index is 0.0575. The van der Waals surface area contributed by atoms with Crippen molar-refractivity contribution in [3.8, 4) is 17.1 Å². The molecule has 3 rings (SSSR count). The van der Waals surface area contributed by atoms with Crippen LogP contribution in [0.4, 0.5) is 5.69 Å². The number of halogens is 1. The van der Waals surface area contributed by atoms with E-state index >= 15 is 0 Å². The summed E-state index contributed by atoms with van der Waals surface area (Å²) in [6.45, 7) is 0.207. The van der Waals surface area contributed by atoms with E-state index in [1.54, 1.807) is 42.5 Å². The first-order valence-corrected chi connectivity index (χ1v) is 12.0.